The van der Waals surface area contributed by atoms with Crippen molar-refractivity contribution in [2.45, 2.75) is 31.9 Å². The third-order valence-electron chi connectivity index (χ3n) is 3.25. The van der Waals surface area contributed by atoms with Crippen LogP contribution in [0.1, 0.15) is 19.4 Å². The smallest absolute Gasteiger partial charge is 0.168 e. The van der Waals surface area contributed by atoms with Crippen LogP contribution >= 0.6 is 0 Å². The molecule has 0 heterocycles. The van der Waals surface area contributed by atoms with Crippen molar-refractivity contribution >= 4 is 0 Å². The summed E-state index contributed by atoms with van der Waals surface area (Å²) in [5, 5.41) is 0. The third kappa shape index (κ3) is 3.19. The second kappa shape index (κ2) is 6.13. The molecule has 0 saturated heterocycles. The Morgan fingerprint density at radius 2 is 2.06 bits per heavy atom. The molecule has 1 atom stereocenters. The molecule has 0 radical (unpaired) electrons. The van der Waals surface area contributed by atoms with Gasteiger partial charge >= 0.3 is 0 Å². The van der Waals surface area contributed by atoms with E-state index in [1.807, 2.05) is 13.8 Å². The summed E-state index contributed by atoms with van der Waals surface area (Å²) in [5.41, 5.74) is 2.72. The van der Waals surface area contributed by atoms with E-state index >= 15 is 0 Å². The number of nitrogens with two attached hydrogens (primary N) is 1. The Balaban J connectivity index is 2.96. The number of hydrazine groups is 1. The Kier molecular flexibility index (Phi) is 5.07. The van der Waals surface area contributed by atoms with E-state index < -0.39 is 5.60 Å². The third-order valence-corrected chi connectivity index (χ3v) is 3.25. The monoisotopic (exact) mass is 256 g/mol. The molecule has 0 saturated carbocycles. The molecule has 0 aromatic heterocycles. The predicted molar refractivity (Wildman–Crippen MR) is 68.9 cm³/mol. The molecule has 1 unspecified atom stereocenters. The lowest BCUT2D eigenvalue weighted by Gasteiger charge is -2.32. The Labute approximate surface area is 107 Å². The van der Waals surface area contributed by atoms with E-state index in [2.05, 4.69) is 5.43 Å². The number of ether oxygens (including phenoxy) is 2. The van der Waals surface area contributed by atoms with Gasteiger partial charge in [-0.1, -0.05) is 12.1 Å². The van der Waals surface area contributed by atoms with Crippen LogP contribution in [0.3, 0.4) is 0 Å². The minimum Gasteiger partial charge on any atom is -0.494 e. The molecule has 0 aliphatic heterocycles. The number of hydrogen-bond acceptors (Lipinski definition) is 4. The van der Waals surface area contributed by atoms with E-state index in [-0.39, 0.29) is 17.6 Å². The molecule has 102 valence electrons. The number of nitrogens with one attached hydrogen (secondary N) is 1. The second-order valence-corrected chi connectivity index (χ2v) is 4.66. The minimum atomic E-state index is -0.496. The van der Waals surface area contributed by atoms with Crippen LogP contribution in [0.2, 0.25) is 0 Å². The molecule has 0 spiro atoms. The largest absolute Gasteiger partial charge is 0.494 e. The maximum absolute atomic E-state index is 14.0. The van der Waals surface area contributed by atoms with Crippen molar-refractivity contribution in [3.05, 3.63) is 29.6 Å². The van der Waals surface area contributed by atoms with Crippen LogP contribution in [0.25, 0.3) is 0 Å². The van der Waals surface area contributed by atoms with E-state index in [1.54, 1.807) is 25.3 Å². The average molecular weight is 256 g/mol. The zero-order chi connectivity index (χ0) is 13.8. The van der Waals surface area contributed by atoms with Crippen LogP contribution in [0, 0.1) is 5.82 Å². The summed E-state index contributed by atoms with van der Waals surface area (Å²) in [4.78, 5) is 0. The molecule has 3 N–H and O–H groups in total. The molecule has 1 rings (SSSR count). The quantitative estimate of drug-likeness (QED) is 0.600. The van der Waals surface area contributed by atoms with Crippen molar-refractivity contribution in [1.82, 2.24) is 5.43 Å². The fourth-order valence-corrected chi connectivity index (χ4v) is 1.74. The van der Waals surface area contributed by atoms with Gasteiger partial charge in [0.2, 0.25) is 0 Å². The molecule has 0 bridgehead atoms. The molecular formula is C13H21FN2O2. The van der Waals surface area contributed by atoms with E-state index in [9.17, 15) is 4.39 Å². The van der Waals surface area contributed by atoms with Crippen LogP contribution in [0.15, 0.2) is 18.2 Å². The summed E-state index contributed by atoms with van der Waals surface area (Å²) in [7, 11) is 3.05. The van der Waals surface area contributed by atoms with E-state index in [1.165, 1.54) is 7.11 Å². The molecule has 1 aromatic carbocycles. The maximum atomic E-state index is 14.0. The summed E-state index contributed by atoms with van der Waals surface area (Å²) < 4.78 is 24.3. The van der Waals surface area contributed by atoms with Crippen molar-refractivity contribution in [2.24, 2.45) is 5.84 Å². The molecule has 5 heteroatoms. The van der Waals surface area contributed by atoms with E-state index in [0.29, 0.717) is 12.0 Å². The summed E-state index contributed by atoms with van der Waals surface area (Å²) in [6.07, 6.45) is 0.417. The Bertz CT molecular complexity index is 397. The number of methoxy groups -OCH3 is 2. The van der Waals surface area contributed by atoms with Gasteiger partial charge in [0.15, 0.2) is 11.6 Å². The first-order chi connectivity index (χ1) is 8.46. The zero-order valence-corrected chi connectivity index (χ0v) is 11.3. The molecule has 0 amide bonds. The fourth-order valence-electron chi connectivity index (χ4n) is 1.74. The van der Waals surface area contributed by atoms with Gasteiger partial charge in [-0.2, -0.15) is 0 Å². The first kappa shape index (κ1) is 14.9. The number of hydrogen-bond donors (Lipinski definition) is 2. The SMILES string of the molecule is COc1cccc(CC(NN)C(C)(C)OC)c1F. The zero-order valence-electron chi connectivity index (χ0n) is 11.3. The molecule has 4 nitrogen and oxygen atoms in total. The van der Waals surface area contributed by atoms with Gasteiger partial charge < -0.3 is 9.47 Å². The highest BCUT2D eigenvalue weighted by Crippen LogP contribution is 2.24. The van der Waals surface area contributed by atoms with E-state index in [0.717, 1.165) is 0 Å². The van der Waals surface area contributed by atoms with Gasteiger partial charge in [-0.3, -0.25) is 11.3 Å². The predicted octanol–water partition coefficient (Wildman–Crippen LogP) is 1.63. The first-order valence-corrected chi connectivity index (χ1v) is 5.79. The second-order valence-electron chi connectivity index (χ2n) is 4.66. The molecule has 18 heavy (non-hydrogen) atoms. The first-order valence-electron chi connectivity index (χ1n) is 5.79. The number of benzene rings is 1. The van der Waals surface area contributed by atoms with Crippen molar-refractivity contribution in [3.8, 4) is 5.75 Å². The normalized spacial score (nSPS) is 13.4. The van der Waals surface area contributed by atoms with Crippen LogP contribution in [0.4, 0.5) is 4.39 Å². The highest BCUT2D eigenvalue weighted by Gasteiger charge is 2.29. The lowest BCUT2D eigenvalue weighted by Crippen LogP contribution is -2.52. The standard InChI is InChI=1S/C13H21FN2O2/c1-13(2,18-4)11(16-15)8-9-6-5-7-10(17-3)12(9)14/h5-7,11,16H,8,15H2,1-4H3. The Morgan fingerprint density at radius 1 is 1.39 bits per heavy atom. The Hall–Kier alpha value is -1.17. The number of halogens is 1. The summed E-state index contributed by atoms with van der Waals surface area (Å²) in [6.45, 7) is 3.80. The average Bonchev–Trinajstić information content (AvgIpc) is 2.37. The molecular weight excluding hydrogens is 235 g/mol. The molecule has 1 aromatic rings. The van der Waals surface area contributed by atoms with E-state index in [4.69, 9.17) is 15.3 Å². The van der Waals surface area contributed by atoms with Crippen LogP contribution in [-0.4, -0.2) is 25.9 Å². The van der Waals surface area contributed by atoms with Crippen molar-refractivity contribution in [1.29, 1.82) is 0 Å². The topological polar surface area (TPSA) is 56.5 Å². The number of rotatable bonds is 6. The Morgan fingerprint density at radius 3 is 2.56 bits per heavy atom. The molecule has 0 aliphatic rings. The highest BCUT2D eigenvalue weighted by atomic mass is 19.1. The molecule has 0 aliphatic carbocycles. The van der Waals surface area contributed by atoms with Crippen LogP contribution in [-0.2, 0) is 11.2 Å². The minimum absolute atomic E-state index is 0.205. The van der Waals surface area contributed by atoms with Gasteiger partial charge in [-0.25, -0.2) is 4.39 Å². The summed E-state index contributed by atoms with van der Waals surface area (Å²) >= 11 is 0. The maximum Gasteiger partial charge on any atom is 0.168 e. The molecule has 0 fully saturated rings. The van der Waals surface area contributed by atoms with Gasteiger partial charge in [0.1, 0.15) is 0 Å². The van der Waals surface area contributed by atoms with Gasteiger partial charge in [-0.15, -0.1) is 0 Å². The van der Waals surface area contributed by atoms with Crippen molar-refractivity contribution < 1.29 is 13.9 Å². The van der Waals surface area contributed by atoms with Gasteiger partial charge in [0.25, 0.3) is 0 Å². The lowest BCUT2D eigenvalue weighted by molar-refractivity contribution is -0.0103. The van der Waals surface area contributed by atoms with Crippen molar-refractivity contribution in [2.75, 3.05) is 14.2 Å². The fraction of sp³-hybridized carbons (Fsp3) is 0.538. The van der Waals surface area contributed by atoms with Gasteiger partial charge in [-0.05, 0) is 31.9 Å². The van der Waals surface area contributed by atoms with Crippen LogP contribution in [0.5, 0.6) is 5.75 Å². The van der Waals surface area contributed by atoms with Gasteiger partial charge in [0.05, 0.1) is 18.8 Å². The highest BCUT2D eigenvalue weighted by molar-refractivity contribution is 5.31. The summed E-state index contributed by atoms with van der Waals surface area (Å²) in [5.74, 6) is 5.40. The van der Waals surface area contributed by atoms with Crippen molar-refractivity contribution in [3.63, 3.8) is 0 Å². The lowest BCUT2D eigenvalue weighted by atomic mass is 9.92. The van der Waals surface area contributed by atoms with Gasteiger partial charge in [0, 0.05) is 7.11 Å². The summed E-state index contributed by atoms with van der Waals surface area (Å²) in [6, 6.07) is 4.85. The van der Waals surface area contributed by atoms with Crippen LogP contribution < -0.4 is 16.0 Å².